The van der Waals surface area contributed by atoms with Crippen LogP contribution >= 0.6 is 22.7 Å². The topological polar surface area (TPSA) is 34.1 Å². The summed E-state index contributed by atoms with van der Waals surface area (Å²) in [6.07, 6.45) is 5.67. The van der Waals surface area contributed by atoms with E-state index in [0.717, 1.165) is 33.7 Å². The first-order valence-corrected chi connectivity index (χ1v) is 19.4. The van der Waals surface area contributed by atoms with Gasteiger partial charge in [-0.05, 0) is 39.9 Å². The first-order chi connectivity index (χ1) is 13.4. The number of thiophene rings is 2. The highest BCUT2D eigenvalue weighted by Crippen LogP contribution is 2.44. The highest BCUT2D eigenvalue weighted by Gasteiger charge is 2.41. The largest absolute Gasteiger partial charge is 0.285 e. The van der Waals surface area contributed by atoms with Crippen molar-refractivity contribution in [2.45, 2.75) is 85.2 Å². The van der Waals surface area contributed by atoms with E-state index in [9.17, 15) is 9.59 Å². The molecule has 6 heteroatoms. The lowest BCUT2D eigenvalue weighted by Gasteiger charge is -2.18. The molecular weight excluding hydrogens is 429 g/mol. The van der Waals surface area contributed by atoms with Crippen LogP contribution < -0.4 is 9.00 Å². The molecule has 0 spiro atoms. The van der Waals surface area contributed by atoms with E-state index in [-0.39, 0.29) is 11.6 Å². The lowest BCUT2D eigenvalue weighted by molar-refractivity contribution is 0.0815. The molecule has 2 aromatic rings. The van der Waals surface area contributed by atoms with Gasteiger partial charge in [-0.25, -0.2) is 0 Å². The van der Waals surface area contributed by atoms with Gasteiger partial charge in [0, 0.05) is 11.1 Å². The van der Waals surface area contributed by atoms with Crippen molar-refractivity contribution < 1.29 is 9.59 Å². The van der Waals surface area contributed by atoms with Gasteiger partial charge in [0.25, 0.3) is 0 Å². The highest BCUT2D eigenvalue weighted by molar-refractivity contribution is 7.35. The Kier molecular flexibility index (Phi) is 6.32. The molecule has 3 rings (SSSR count). The number of unbranched alkanes of at least 4 members (excludes halogenated alkanes) is 3. The van der Waals surface area contributed by atoms with Crippen LogP contribution in [0.25, 0.3) is 9.75 Å². The zero-order chi connectivity index (χ0) is 21.7. The third kappa shape index (κ3) is 4.05. The zero-order valence-corrected chi connectivity index (χ0v) is 22.8. The van der Waals surface area contributed by atoms with Crippen LogP contribution in [0, 0.1) is 6.92 Å². The van der Waals surface area contributed by atoms with E-state index in [1.807, 2.05) is 11.3 Å². The van der Waals surface area contributed by atoms with E-state index >= 15 is 0 Å². The average Bonchev–Trinajstić information content (AvgIpc) is 3.15. The highest BCUT2D eigenvalue weighted by atomic mass is 32.1. The zero-order valence-electron chi connectivity index (χ0n) is 19.2. The summed E-state index contributed by atoms with van der Waals surface area (Å²) in [5.74, 6) is -0.512. The van der Waals surface area contributed by atoms with Gasteiger partial charge in [-0.3, -0.25) is 9.59 Å². The fourth-order valence-corrected chi connectivity index (χ4v) is 12.1. The van der Waals surface area contributed by atoms with Gasteiger partial charge in [0.05, 0.1) is 25.9 Å². The summed E-state index contributed by atoms with van der Waals surface area (Å²) in [7, 11) is -3.18. The minimum atomic E-state index is -1.61. The molecular formula is C23H34O2S2Si2. The monoisotopic (exact) mass is 462 g/mol. The van der Waals surface area contributed by atoms with Crippen LogP contribution in [0.5, 0.6) is 0 Å². The Bertz CT molecular complexity index is 969. The molecule has 2 heterocycles. The van der Waals surface area contributed by atoms with Gasteiger partial charge in [-0.15, -0.1) is 22.7 Å². The summed E-state index contributed by atoms with van der Waals surface area (Å²) in [5, 5.41) is 0. The molecule has 1 aliphatic carbocycles. The van der Waals surface area contributed by atoms with E-state index in [2.05, 4.69) is 53.1 Å². The number of carbonyl (C=O) groups is 2. The molecule has 0 radical (unpaired) electrons. The third-order valence-corrected chi connectivity index (χ3v) is 15.7. The minimum absolute atomic E-state index is 0.248. The van der Waals surface area contributed by atoms with Crippen LogP contribution in [0.1, 0.15) is 64.4 Å². The molecule has 0 aliphatic heterocycles. The average molecular weight is 463 g/mol. The first-order valence-electron chi connectivity index (χ1n) is 10.8. The lowest BCUT2D eigenvalue weighted by Crippen LogP contribution is -2.38. The molecule has 0 unspecified atom stereocenters. The SMILES string of the molecule is CCCCCCc1c([Si](C)(C)C)sc2c1C(=O)C(=O)c1c-2sc([Si](C)(C)C)c1C. The van der Waals surface area contributed by atoms with Gasteiger partial charge >= 0.3 is 0 Å². The summed E-state index contributed by atoms with van der Waals surface area (Å²) in [6, 6.07) is 0. The number of Topliss-reactive ketones (excluding diaryl/α,β-unsaturated/α-hetero) is 2. The molecule has 2 aromatic heterocycles. The smallest absolute Gasteiger partial charge is 0.235 e. The Labute approximate surface area is 185 Å². The van der Waals surface area contributed by atoms with Gasteiger partial charge in [-0.2, -0.15) is 0 Å². The quantitative estimate of drug-likeness (QED) is 0.272. The Morgan fingerprint density at radius 1 is 0.724 bits per heavy atom. The predicted octanol–water partition coefficient (Wildman–Crippen LogP) is 6.38. The molecule has 0 amide bonds. The molecule has 0 atom stereocenters. The number of carbonyl (C=O) groups excluding carboxylic acids is 2. The molecule has 0 saturated heterocycles. The fraction of sp³-hybridized carbons (Fsp3) is 0.565. The molecule has 0 bridgehead atoms. The predicted molar refractivity (Wildman–Crippen MR) is 135 cm³/mol. The number of hydrogen-bond donors (Lipinski definition) is 0. The Morgan fingerprint density at radius 2 is 1.24 bits per heavy atom. The van der Waals surface area contributed by atoms with E-state index in [1.165, 1.54) is 33.8 Å². The van der Waals surface area contributed by atoms with E-state index in [4.69, 9.17) is 0 Å². The maximum Gasteiger partial charge on any atom is 0.235 e. The van der Waals surface area contributed by atoms with Gasteiger partial charge in [0.2, 0.25) is 11.6 Å². The summed E-state index contributed by atoms with van der Waals surface area (Å²) in [4.78, 5) is 28.7. The van der Waals surface area contributed by atoms with Crippen molar-refractivity contribution in [2.24, 2.45) is 0 Å². The second-order valence-electron chi connectivity index (χ2n) is 10.3. The van der Waals surface area contributed by atoms with Crippen molar-refractivity contribution in [3.05, 3.63) is 22.3 Å². The Morgan fingerprint density at radius 3 is 1.79 bits per heavy atom. The number of fused-ring (bicyclic) bond motifs is 3. The third-order valence-electron chi connectivity index (χ3n) is 5.66. The molecule has 2 nitrogen and oxygen atoms in total. The minimum Gasteiger partial charge on any atom is -0.285 e. The normalized spacial score (nSPS) is 14.3. The number of ketones is 2. The Hall–Kier alpha value is -0.826. The lowest BCUT2D eigenvalue weighted by atomic mass is 9.89. The van der Waals surface area contributed by atoms with Crippen molar-refractivity contribution in [3.8, 4) is 9.75 Å². The van der Waals surface area contributed by atoms with Crippen LogP contribution in [0.3, 0.4) is 0 Å². The number of hydrogen-bond acceptors (Lipinski definition) is 4. The van der Waals surface area contributed by atoms with Crippen molar-refractivity contribution >= 4 is 59.4 Å². The second-order valence-corrected chi connectivity index (χ2v) is 23.1. The van der Waals surface area contributed by atoms with Crippen LogP contribution in [-0.2, 0) is 6.42 Å². The fourth-order valence-electron chi connectivity index (χ4n) is 4.33. The molecule has 1 aliphatic rings. The van der Waals surface area contributed by atoms with Crippen molar-refractivity contribution in [2.75, 3.05) is 0 Å². The molecule has 0 saturated carbocycles. The van der Waals surface area contributed by atoms with E-state index in [1.54, 1.807) is 11.3 Å². The Balaban J connectivity index is 2.22. The van der Waals surface area contributed by atoms with Gasteiger partial charge in [0.1, 0.15) is 0 Å². The standard InChI is InChI=1S/C23H34O2S2Si2/c1-9-10-11-12-13-15-17-19(25)18(24)16-14(2)22(28(3,4)5)26-20(16)21(17)27-23(15)29(6,7)8/h9-13H2,1-8H3. The molecule has 0 aromatic carbocycles. The van der Waals surface area contributed by atoms with E-state index < -0.39 is 16.1 Å². The number of rotatable bonds is 7. The summed E-state index contributed by atoms with van der Waals surface area (Å²) in [5.41, 5.74) is 3.76. The molecule has 158 valence electrons. The van der Waals surface area contributed by atoms with Crippen LogP contribution in [0.15, 0.2) is 0 Å². The van der Waals surface area contributed by atoms with Crippen molar-refractivity contribution in [3.63, 3.8) is 0 Å². The van der Waals surface area contributed by atoms with Gasteiger partial charge in [0.15, 0.2) is 0 Å². The summed E-state index contributed by atoms with van der Waals surface area (Å²) < 4.78 is 2.79. The van der Waals surface area contributed by atoms with Crippen molar-refractivity contribution in [1.29, 1.82) is 0 Å². The first kappa shape index (κ1) is 22.8. The molecule has 0 fully saturated rings. The van der Waals surface area contributed by atoms with Crippen LogP contribution in [0.2, 0.25) is 39.3 Å². The molecule has 0 N–H and O–H groups in total. The van der Waals surface area contributed by atoms with Gasteiger partial charge < -0.3 is 0 Å². The van der Waals surface area contributed by atoms with Crippen LogP contribution in [-0.4, -0.2) is 27.7 Å². The van der Waals surface area contributed by atoms with Crippen LogP contribution in [0.4, 0.5) is 0 Å². The molecule has 29 heavy (non-hydrogen) atoms. The maximum absolute atomic E-state index is 13.3. The second kappa shape index (κ2) is 8.02. The van der Waals surface area contributed by atoms with Crippen molar-refractivity contribution in [1.82, 2.24) is 0 Å². The van der Waals surface area contributed by atoms with E-state index in [0.29, 0.717) is 5.56 Å². The maximum atomic E-state index is 13.3. The van der Waals surface area contributed by atoms with Gasteiger partial charge in [-0.1, -0.05) is 65.5 Å². The summed E-state index contributed by atoms with van der Waals surface area (Å²) >= 11 is 3.62. The summed E-state index contributed by atoms with van der Waals surface area (Å²) in [6.45, 7) is 18.3.